The van der Waals surface area contributed by atoms with E-state index in [1.165, 1.54) is 11.3 Å². The highest BCUT2D eigenvalue weighted by atomic mass is 32.1. The molecule has 5 nitrogen and oxygen atoms in total. The molecule has 1 aromatic heterocycles. The van der Waals surface area contributed by atoms with Gasteiger partial charge >= 0.3 is 0 Å². The van der Waals surface area contributed by atoms with Gasteiger partial charge in [0.2, 0.25) is 0 Å². The van der Waals surface area contributed by atoms with Crippen LogP contribution >= 0.6 is 11.3 Å². The Kier molecular flexibility index (Phi) is 2.64. The summed E-state index contributed by atoms with van der Waals surface area (Å²) in [6.07, 6.45) is 1.76. The molecule has 18 heavy (non-hydrogen) atoms. The van der Waals surface area contributed by atoms with Crippen molar-refractivity contribution in [1.82, 2.24) is 4.98 Å². The fraction of sp³-hybridized carbons (Fsp3) is 0.167. The number of carbonyl (C=O) groups is 1. The molecule has 6 heteroatoms. The Morgan fingerprint density at radius 1 is 1.50 bits per heavy atom. The number of amides is 1. The predicted molar refractivity (Wildman–Crippen MR) is 69.7 cm³/mol. The van der Waals surface area contributed by atoms with Crippen LogP contribution in [-0.4, -0.2) is 17.5 Å². The minimum Gasteiger partial charge on any atom is -0.482 e. The number of hydrogen-bond acceptors (Lipinski definition) is 5. The molecule has 2 aromatic rings. The van der Waals surface area contributed by atoms with E-state index in [0.29, 0.717) is 18.0 Å². The zero-order valence-corrected chi connectivity index (χ0v) is 10.3. The molecule has 92 valence electrons. The third kappa shape index (κ3) is 1.91. The van der Waals surface area contributed by atoms with Crippen molar-refractivity contribution in [2.24, 2.45) is 0 Å². The van der Waals surface area contributed by atoms with Gasteiger partial charge in [0.05, 0.1) is 17.7 Å². The quantitative estimate of drug-likeness (QED) is 0.835. The van der Waals surface area contributed by atoms with E-state index >= 15 is 0 Å². The van der Waals surface area contributed by atoms with E-state index in [9.17, 15) is 4.79 Å². The summed E-state index contributed by atoms with van der Waals surface area (Å²) in [5.41, 5.74) is 8.84. The van der Waals surface area contributed by atoms with Gasteiger partial charge in [-0.15, -0.1) is 11.3 Å². The number of nitrogens with zero attached hydrogens (tertiary/aromatic N) is 2. The van der Waals surface area contributed by atoms with Crippen LogP contribution in [-0.2, 0) is 11.3 Å². The molecule has 0 bridgehead atoms. The summed E-state index contributed by atoms with van der Waals surface area (Å²) in [6, 6.07) is 5.31. The number of carbonyl (C=O) groups excluding carboxylic acids is 1. The van der Waals surface area contributed by atoms with Crippen molar-refractivity contribution in [2.75, 3.05) is 17.2 Å². The van der Waals surface area contributed by atoms with Gasteiger partial charge in [-0.25, -0.2) is 0 Å². The molecule has 1 aliphatic heterocycles. The van der Waals surface area contributed by atoms with E-state index in [1.54, 1.807) is 34.8 Å². The van der Waals surface area contributed by atoms with Crippen molar-refractivity contribution < 1.29 is 9.53 Å². The molecule has 1 amide bonds. The molecule has 1 aromatic carbocycles. The summed E-state index contributed by atoms with van der Waals surface area (Å²) in [7, 11) is 0. The van der Waals surface area contributed by atoms with Crippen molar-refractivity contribution in [3.8, 4) is 5.75 Å². The third-order valence-electron chi connectivity index (χ3n) is 2.72. The lowest BCUT2D eigenvalue weighted by Gasteiger charge is -2.29. The van der Waals surface area contributed by atoms with E-state index in [4.69, 9.17) is 10.5 Å². The number of ether oxygens (including phenoxy) is 1. The molecule has 0 spiro atoms. The van der Waals surface area contributed by atoms with Crippen LogP contribution in [0.1, 0.15) is 4.88 Å². The lowest BCUT2D eigenvalue weighted by molar-refractivity contribution is -0.121. The van der Waals surface area contributed by atoms with Gasteiger partial charge in [-0.05, 0) is 18.2 Å². The fourth-order valence-corrected chi connectivity index (χ4v) is 2.45. The van der Waals surface area contributed by atoms with Crippen LogP contribution in [0.25, 0.3) is 0 Å². The van der Waals surface area contributed by atoms with Gasteiger partial charge in [0, 0.05) is 16.8 Å². The first-order valence-corrected chi connectivity index (χ1v) is 6.32. The molecule has 1 aliphatic rings. The highest BCUT2D eigenvalue weighted by molar-refractivity contribution is 7.09. The maximum absolute atomic E-state index is 11.9. The van der Waals surface area contributed by atoms with Crippen LogP contribution in [0.4, 0.5) is 11.4 Å². The summed E-state index contributed by atoms with van der Waals surface area (Å²) in [5, 5.41) is 0. The molecule has 0 aliphatic carbocycles. The molecule has 0 saturated carbocycles. The van der Waals surface area contributed by atoms with E-state index < -0.39 is 0 Å². The molecular weight excluding hydrogens is 250 g/mol. The van der Waals surface area contributed by atoms with Gasteiger partial charge in [0.25, 0.3) is 5.91 Å². The van der Waals surface area contributed by atoms with E-state index in [2.05, 4.69) is 4.98 Å². The Hall–Kier alpha value is -2.08. The van der Waals surface area contributed by atoms with E-state index in [-0.39, 0.29) is 12.5 Å². The van der Waals surface area contributed by atoms with Gasteiger partial charge in [0.15, 0.2) is 6.61 Å². The Morgan fingerprint density at radius 3 is 3.17 bits per heavy atom. The summed E-state index contributed by atoms with van der Waals surface area (Å²) in [6.45, 7) is 0.568. The normalized spacial score (nSPS) is 14.2. The Morgan fingerprint density at radius 2 is 2.39 bits per heavy atom. The van der Waals surface area contributed by atoms with Crippen molar-refractivity contribution in [3.05, 3.63) is 34.8 Å². The van der Waals surface area contributed by atoms with Crippen LogP contribution in [0.3, 0.4) is 0 Å². The van der Waals surface area contributed by atoms with Crippen LogP contribution in [0.5, 0.6) is 5.75 Å². The molecule has 2 N–H and O–H groups in total. The topological polar surface area (TPSA) is 68.5 Å². The lowest BCUT2D eigenvalue weighted by atomic mass is 10.2. The number of thiazole rings is 1. The minimum absolute atomic E-state index is 0.0652. The number of nitrogen functional groups attached to an aromatic ring is 1. The molecule has 0 unspecified atom stereocenters. The van der Waals surface area contributed by atoms with Gasteiger partial charge < -0.3 is 15.4 Å². The van der Waals surface area contributed by atoms with Crippen molar-refractivity contribution >= 4 is 28.6 Å². The largest absolute Gasteiger partial charge is 0.482 e. The predicted octanol–water partition coefficient (Wildman–Crippen LogP) is 1.65. The molecule has 2 heterocycles. The number of hydrogen-bond donors (Lipinski definition) is 1. The number of rotatable bonds is 2. The highest BCUT2D eigenvalue weighted by Gasteiger charge is 2.26. The summed E-state index contributed by atoms with van der Waals surface area (Å²) < 4.78 is 5.38. The molecular formula is C12H11N3O2S. The van der Waals surface area contributed by atoms with Gasteiger partial charge in [-0.1, -0.05) is 0 Å². The van der Waals surface area contributed by atoms with Crippen molar-refractivity contribution in [2.45, 2.75) is 6.54 Å². The number of benzene rings is 1. The first kappa shape index (κ1) is 11.0. The Bertz CT molecular complexity index is 583. The monoisotopic (exact) mass is 261 g/mol. The third-order valence-corrected chi connectivity index (χ3v) is 3.49. The lowest BCUT2D eigenvalue weighted by Crippen LogP contribution is -2.38. The second kappa shape index (κ2) is 4.30. The zero-order chi connectivity index (χ0) is 12.5. The fourth-order valence-electron chi connectivity index (χ4n) is 1.87. The second-order valence-electron chi connectivity index (χ2n) is 3.96. The van der Waals surface area contributed by atoms with Crippen LogP contribution in [0, 0.1) is 0 Å². The van der Waals surface area contributed by atoms with Gasteiger partial charge in [0.1, 0.15) is 5.75 Å². The average Bonchev–Trinajstić information content (AvgIpc) is 2.86. The minimum atomic E-state index is -0.0681. The van der Waals surface area contributed by atoms with E-state index in [0.717, 1.165) is 10.6 Å². The van der Waals surface area contributed by atoms with Crippen molar-refractivity contribution in [3.63, 3.8) is 0 Å². The number of aromatic nitrogens is 1. The van der Waals surface area contributed by atoms with Crippen molar-refractivity contribution in [1.29, 1.82) is 0 Å². The number of nitrogens with two attached hydrogens (primary N) is 1. The standard InChI is InChI=1S/C12H11N3O2S/c13-8-1-2-11-10(3-8)15(12(16)6-17-11)5-9-4-14-7-18-9/h1-4,7H,5-6,13H2. The molecule has 3 rings (SSSR count). The van der Waals surface area contributed by atoms with Crippen LogP contribution in [0.2, 0.25) is 0 Å². The van der Waals surface area contributed by atoms with Crippen LogP contribution < -0.4 is 15.4 Å². The number of fused-ring (bicyclic) bond motifs is 1. The van der Waals surface area contributed by atoms with Gasteiger partial charge in [-0.3, -0.25) is 9.78 Å². The molecule has 0 atom stereocenters. The maximum Gasteiger partial charge on any atom is 0.265 e. The average molecular weight is 261 g/mol. The van der Waals surface area contributed by atoms with Crippen LogP contribution in [0.15, 0.2) is 29.9 Å². The number of anilines is 2. The zero-order valence-electron chi connectivity index (χ0n) is 9.50. The van der Waals surface area contributed by atoms with E-state index in [1.807, 2.05) is 0 Å². The maximum atomic E-state index is 11.9. The first-order chi connectivity index (χ1) is 8.74. The summed E-state index contributed by atoms with van der Waals surface area (Å²) in [5.74, 6) is 0.620. The molecule has 0 saturated heterocycles. The summed E-state index contributed by atoms with van der Waals surface area (Å²) >= 11 is 1.52. The molecule has 0 fully saturated rings. The Balaban J connectivity index is 1.98. The Labute approximate surface area is 108 Å². The SMILES string of the molecule is Nc1ccc2c(c1)N(Cc1cncs1)C(=O)CO2. The second-order valence-corrected chi connectivity index (χ2v) is 4.93. The molecule has 0 radical (unpaired) electrons. The summed E-state index contributed by atoms with van der Waals surface area (Å²) in [4.78, 5) is 18.7. The smallest absolute Gasteiger partial charge is 0.265 e. The highest BCUT2D eigenvalue weighted by Crippen LogP contribution is 2.34. The van der Waals surface area contributed by atoms with Gasteiger partial charge in [-0.2, -0.15) is 0 Å². The first-order valence-electron chi connectivity index (χ1n) is 5.44.